The molecule has 0 spiro atoms. The van der Waals surface area contributed by atoms with E-state index in [2.05, 4.69) is 0 Å². The van der Waals surface area contributed by atoms with Gasteiger partial charge in [-0.15, -0.1) is 0 Å². The number of carbonyl (C=O) groups excluding carboxylic acids is 1. The van der Waals surface area contributed by atoms with Crippen LogP contribution in [0.25, 0.3) is 0 Å². The van der Waals surface area contributed by atoms with Gasteiger partial charge in [0.15, 0.2) is 18.1 Å². The molecule has 8 heteroatoms. The molecule has 0 heterocycles. The van der Waals surface area contributed by atoms with Crippen LogP contribution >= 0.6 is 0 Å². The first kappa shape index (κ1) is 17.2. The Bertz CT molecular complexity index is 777. The summed E-state index contributed by atoms with van der Waals surface area (Å²) < 4.78 is 28.7. The lowest BCUT2D eigenvalue weighted by atomic mass is 10.1. The minimum atomic E-state index is -0.594. The summed E-state index contributed by atoms with van der Waals surface area (Å²) in [4.78, 5) is 22.4. The van der Waals surface area contributed by atoms with Gasteiger partial charge in [-0.2, -0.15) is 0 Å². The number of benzene rings is 2. The summed E-state index contributed by atoms with van der Waals surface area (Å²) in [5.74, 6) is -0.655. The first-order valence-electron chi connectivity index (χ1n) is 6.78. The zero-order valence-electron chi connectivity index (χ0n) is 12.9. The summed E-state index contributed by atoms with van der Waals surface area (Å²) in [6, 6.07) is 7.30. The number of ketones is 1. The molecule has 0 amide bonds. The lowest BCUT2D eigenvalue weighted by Crippen LogP contribution is -2.13. The number of hydrogen-bond donors (Lipinski definition) is 0. The Hall–Kier alpha value is -3.16. The summed E-state index contributed by atoms with van der Waals surface area (Å²) >= 11 is 0. The largest absolute Gasteiger partial charge is 0.496 e. The fourth-order valence-corrected chi connectivity index (χ4v) is 2.01. The highest BCUT2D eigenvalue weighted by atomic mass is 19.1. The van der Waals surface area contributed by atoms with Crippen LogP contribution in [0.3, 0.4) is 0 Å². The van der Waals surface area contributed by atoms with E-state index in [1.165, 1.54) is 38.5 Å². The number of non-ortho nitro benzene ring substituents is 1. The number of methoxy groups -OCH3 is 2. The number of halogens is 1. The van der Waals surface area contributed by atoms with Crippen molar-refractivity contribution in [3.05, 3.63) is 57.9 Å². The Morgan fingerprint density at radius 2 is 1.75 bits per heavy atom. The molecule has 0 saturated carbocycles. The normalized spacial score (nSPS) is 10.1. The van der Waals surface area contributed by atoms with Gasteiger partial charge in [0.05, 0.1) is 30.8 Å². The van der Waals surface area contributed by atoms with Crippen molar-refractivity contribution in [1.82, 2.24) is 0 Å². The molecule has 126 valence electrons. The SMILES string of the molecule is COc1ccc([N+](=O)[O-])cc1OCC(=O)c1cc(F)ccc1OC. The smallest absolute Gasteiger partial charge is 0.273 e. The molecule has 0 aliphatic rings. The molecule has 2 aromatic carbocycles. The molecular weight excluding hydrogens is 321 g/mol. The molecule has 2 aromatic rings. The van der Waals surface area contributed by atoms with Crippen LogP contribution in [0.5, 0.6) is 17.2 Å². The number of nitrogens with zero attached hydrogens (tertiary/aromatic N) is 1. The van der Waals surface area contributed by atoms with Crippen LogP contribution in [0.15, 0.2) is 36.4 Å². The highest BCUT2D eigenvalue weighted by Gasteiger charge is 2.17. The van der Waals surface area contributed by atoms with Crippen molar-refractivity contribution in [2.45, 2.75) is 0 Å². The predicted octanol–water partition coefficient (Wildman–Crippen LogP) is 3.01. The second-order valence-electron chi connectivity index (χ2n) is 4.65. The zero-order valence-corrected chi connectivity index (χ0v) is 12.9. The molecule has 0 saturated heterocycles. The molecule has 0 N–H and O–H groups in total. The molecule has 0 aliphatic carbocycles. The first-order chi connectivity index (χ1) is 11.5. The van der Waals surface area contributed by atoms with Crippen LogP contribution in [-0.2, 0) is 0 Å². The van der Waals surface area contributed by atoms with Crippen molar-refractivity contribution in [1.29, 1.82) is 0 Å². The van der Waals surface area contributed by atoms with Crippen LogP contribution in [0.2, 0.25) is 0 Å². The number of nitro benzene ring substituents is 1. The summed E-state index contributed by atoms with van der Waals surface area (Å²) in [6.45, 7) is -0.461. The van der Waals surface area contributed by atoms with Gasteiger partial charge in [0.25, 0.3) is 5.69 Å². The highest BCUT2D eigenvalue weighted by molar-refractivity contribution is 5.99. The van der Waals surface area contributed by atoms with Gasteiger partial charge >= 0.3 is 0 Å². The van der Waals surface area contributed by atoms with Gasteiger partial charge in [0.2, 0.25) is 5.78 Å². The van der Waals surface area contributed by atoms with Crippen LogP contribution in [0.4, 0.5) is 10.1 Å². The molecule has 0 atom stereocenters. The molecule has 24 heavy (non-hydrogen) atoms. The van der Waals surface area contributed by atoms with Gasteiger partial charge in [0, 0.05) is 6.07 Å². The number of ether oxygens (including phenoxy) is 3. The van der Waals surface area contributed by atoms with E-state index in [1.54, 1.807) is 0 Å². The number of Topliss-reactive ketones (excluding diaryl/α,β-unsaturated/α-hetero) is 1. The molecule has 0 aliphatic heterocycles. The van der Waals surface area contributed by atoms with Gasteiger partial charge in [-0.25, -0.2) is 4.39 Å². The Balaban J connectivity index is 2.21. The van der Waals surface area contributed by atoms with Crippen molar-refractivity contribution in [2.24, 2.45) is 0 Å². The summed E-state index contributed by atoms with van der Waals surface area (Å²) in [7, 11) is 2.72. The second kappa shape index (κ2) is 7.40. The van der Waals surface area contributed by atoms with E-state index < -0.39 is 23.1 Å². The van der Waals surface area contributed by atoms with E-state index in [-0.39, 0.29) is 28.5 Å². The average molecular weight is 335 g/mol. The van der Waals surface area contributed by atoms with E-state index in [1.807, 2.05) is 0 Å². The summed E-state index contributed by atoms with van der Waals surface area (Å²) in [6.07, 6.45) is 0. The van der Waals surface area contributed by atoms with Crippen molar-refractivity contribution in [3.8, 4) is 17.2 Å². The van der Waals surface area contributed by atoms with Crippen molar-refractivity contribution < 1.29 is 28.3 Å². The standard InChI is InChI=1S/C16H14FNO6/c1-22-14-5-3-10(17)7-12(14)13(19)9-24-16-8-11(18(20)21)4-6-15(16)23-2/h3-8H,9H2,1-2H3. The second-order valence-corrected chi connectivity index (χ2v) is 4.65. The van der Waals surface area contributed by atoms with E-state index in [0.717, 1.165) is 12.1 Å². The molecule has 0 bridgehead atoms. The Morgan fingerprint density at radius 1 is 1.08 bits per heavy atom. The van der Waals surface area contributed by atoms with Gasteiger partial charge in [0.1, 0.15) is 11.6 Å². The summed E-state index contributed by atoms with van der Waals surface area (Å²) in [5.41, 5.74) is -0.191. The first-order valence-corrected chi connectivity index (χ1v) is 6.78. The number of nitro groups is 1. The lowest BCUT2D eigenvalue weighted by Gasteiger charge is -2.11. The lowest BCUT2D eigenvalue weighted by molar-refractivity contribution is -0.385. The fourth-order valence-electron chi connectivity index (χ4n) is 2.01. The number of rotatable bonds is 7. The minimum absolute atomic E-state index is 0.0156. The maximum absolute atomic E-state index is 13.3. The van der Waals surface area contributed by atoms with E-state index in [4.69, 9.17) is 14.2 Å². The molecular formula is C16H14FNO6. The number of hydrogen-bond acceptors (Lipinski definition) is 6. The Kier molecular flexibility index (Phi) is 5.31. The quantitative estimate of drug-likeness (QED) is 0.439. The molecule has 0 unspecified atom stereocenters. The fraction of sp³-hybridized carbons (Fsp3) is 0.188. The third kappa shape index (κ3) is 3.78. The van der Waals surface area contributed by atoms with Gasteiger partial charge in [-0.05, 0) is 24.3 Å². The average Bonchev–Trinajstić information content (AvgIpc) is 2.59. The van der Waals surface area contributed by atoms with Crippen molar-refractivity contribution in [3.63, 3.8) is 0 Å². The van der Waals surface area contributed by atoms with E-state index in [9.17, 15) is 19.3 Å². The molecule has 0 fully saturated rings. The Labute approximate surface area is 136 Å². The van der Waals surface area contributed by atoms with Gasteiger partial charge in [-0.1, -0.05) is 0 Å². The van der Waals surface area contributed by atoms with Gasteiger partial charge in [-0.3, -0.25) is 14.9 Å². The molecule has 2 rings (SSSR count). The van der Waals surface area contributed by atoms with Gasteiger partial charge < -0.3 is 14.2 Å². The maximum Gasteiger partial charge on any atom is 0.273 e. The van der Waals surface area contributed by atoms with E-state index in [0.29, 0.717) is 0 Å². The van der Waals surface area contributed by atoms with Crippen LogP contribution in [-0.4, -0.2) is 31.5 Å². The topological polar surface area (TPSA) is 87.9 Å². The maximum atomic E-state index is 13.3. The van der Waals surface area contributed by atoms with Crippen LogP contribution in [0.1, 0.15) is 10.4 Å². The zero-order chi connectivity index (χ0) is 17.7. The van der Waals surface area contributed by atoms with E-state index >= 15 is 0 Å². The minimum Gasteiger partial charge on any atom is -0.496 e. The Morgan fingerprint density at radius 3 is 2.38 bits per heavy atom. The van der Waals surface area contributed by atoms with Crippen molar-refractivity contribution in [2.75, 3.05) is 20.8 Å². The molecule has 0 aromatic heterocycles. The third-order valence-electron chi connectivity index (χ3n) is 3.18. The predicted molar refractivity (Wildman–Crippen MR) is 82.4 cm³/mol. The molecule has 0 radical (unpaired) electrons. The van der Waals surface area contributed by atoms with Crippen molar-refractivity contribution >= 4 is 11.5 Å². The monoisotopic (exact) mass is 335 g/mol. The van der Waals surface area contributed by atoms with Crippen LogP contribution < -0.4 is 14.2 Å². The molecule has 7 nitrogen and oxygen atoms in total. The highest BCUT2D eigenvalue weighted by Crippen LogP contribution is 2.31. The third-order valence-corrected chi connectivity index (χ3v) is 3.18. The number of carbonyl (C=O) groups is 1. The van der Waals surface area contributed by atoms with Crippen LogP contribution in [0, 0.1) is 15.9 Å². The summed E-state index contributed by atoms with van der Waals surface area (Å²) in [5, 5.41) is 10.8.